The van der Waals surface area contributed by atoms with E-state index >= 15 is 0 Å². The minimum atomic E-state index is -1.02. The zero-order chi connectivity index (χ0) is 17.4. The molecular formula is C15H19N3O4S. The van der Waals surface area contributed by atoms with Crippen molar-refractivity contribution in [2.45, 2.75) is 46.1 Å². The molecular weight excluding hydrogens is 318 g/mol. The van der Waals surface area contributed by atoms with E-state index in [2.05, 4.69) is 15.5 Å². The van der Waals surface area contributed by atoms with Gasteiger partial charge in [0, 0.05) is 11.5 Å². The maximum Gasteiger partial charge on any atom is 0.347 e. The molecule has 2 heterocycles. The van der Waals surface area contributed by atoms with Crippen LogP contribution in [0.4, 0.5) is 0 Å². The maximum absolute atomic E-state index is 12.2. The molecule has 0 radical (unpaired) electrons. The number of nitrogens with one attached hydrogen (secondary N) is 1. The van der Waals surface area contributed by atoms with E-state index in [1.165, 1.54) is 0 Å². The fourth-order valence-corrected chi connectivity index (χ4v) is 2.78. The van der Waals surface area contributed by atoms with Gasteiger partial charge in [-0.1, -0.05) is 25.9 Å². The summed E-state index contributed by atoms with van der Waals surface area (Å²) in [6, 6.07) is 1.19. The molecule has 2 aromatic rings. The van der Waals surface area contributed by atoms with Crippen molar-refractivity contribution in [2.75, 3.05) is 0 Å². The molecule has 0 aromatic carbocycles. The SMILES string of the molecule is Cc1nc(C(C)NC(=O)c2cc(C(C)(C)C)on2)sc1C(=O)O. The van der Waals surface area contributed by atoms with Gasteiger partial charge in [0.15, 0.2) is 5.69 Å². The lowest BCUT2D eigenvalue weighted by Crippen LogP contribution is -2.26. The highest BCUT2D eigenvalue weighted by atomic mass is 32.1. The van der Waals surface area contributed by atoms with E-state index in [-0.39, 0.29) is 21.9 Å². The van der Waals surface area contributed by atoms with Crippen LogP contribution in [0, 0.1) is 6.92 Å². The van der Waals surface area contributed by atoms with Crippen LogP contribution in [0.1, 0.15) is 70.4 Å². The van der Waals surface area contributed by atoms with Crippen molar-refractivity contribution in [3.05, 3.63) is 33.1 Å². The molecule has 0 aliphatic carbocycles. The molecule has 8 heteroatoms. The van der Waals surface area contributed by atoms with Crippen molar-refractivity contribution in [1.82, 2.24) is 15.5 Å². The number of aromatic carboxylic acids is 1. The van der Waals surface area contributed by atoms with Crippen molar-refractivity contribution in [3.8, 4) is 0 Å². The van der Waals surface area contributed by atoms with Crippen molar-refractivity contribution in [3.63, 3.8) is 0 Å². The second kappa shape index (κ2) is 6.11. The molecule has 124 valence electrons. The lowest BCUT2D eigenvalue weighted by atomic mass is 9.93. The third-order valence-corrected chi connectivity index (χ3v) is 4.54. The highest BCUT2D eigenvalue weighted by molar-refractivity contribution is 7.13. The Morgan fingerprint density at radius 3 is 2.52 bits per heavy atom. The standard InChI is InChI=1S/C15H19N3O4S/c1-7-11(14(20)21)23-13(17-7)8(2)16-12(19)9-6-10(22-18-9)15(3,4)5/h6,8H,1-5H3,(H,16,19)(H,20,21). The van der Waals surface area contributed by atoms with Crippen molar-refractivity contribution in [1.29, 1.82) is 0 Å². The number of aromatic nitrogens is 2. The second-order valence-corrected chi connectivity index (χ2v) is 7.32. The molecule has 23 heavy (non-hydrogen) atoms. The predicted octanol–water partition coefficient (Wildman–Crippen LogP) is 2.93. The number of nitrogens with zero attached hydrogens (tertiary/aromatic N) is 2. The van der Waals surface area contributed by atoms with Crippen LogP contribution < -0.4 is 5.32 Å². The number of carbonyl (C=O) groups excluding carboxylic acids is 1. The number of carboxylic acid groups (broad SMARTS) is 1. The molecule has 2 rings (SSSR count). The maximum atomic E-state index is 12.2. The first-order valence-corrected chi connectivity index (χ1v) is 7.90. The van der Waals surface area contributed by atoms with E-state index in [9.17, 15) is 9.59 Å². The third kappa shape index (κ3) is 3.76. The molecule has 0 saturated heterocycles. The van der Waals surface area contributed by atoms with Crippen LogP contribution in [0.15, 0.2) is 10.6 Å². The quantitative estimate of drug-likeness (QED) is 0.888. The Morgan fingerprint density at radius 2 is 2.04 bits per heavy atom. The Morgan fingerprint density at radius 1 is 1.39 bits per heavy atom. The van der Waals surface area contributed by atoms with Crippen molar-refractivity contribution < 1.29 is 19.2 Å². The van der Waals surface area contributed by atoms with Gasteiger partial charge in [-0.2, -0.15) is 0 Å². The van der Waals surface area contributed by atoms with Crippen molar-refractivity contribution in [2.24, 2.45) is 0 Å². The van der Waals surface area contributed by atoms with E-state index in [4.69, 9.17) is 9.63 Å². The molecule has 0 aliphatic heterocycles. The Hall–Kier alpha value is -2.22. The molecule has 2 aromatic heterocycles. The number of hydrogen-bond donors (Lipinski definition) is 2. The van der Waals surface area contributed by atoms with E-state index in [1.807, 2.05) is 20.8 Å². The first kappa shape index (κ1) is 17.1. The van der Waals surface area contributed by atoms with Gasteiger partial charge in [0.2, 0.25) is 0 Å². The van der Waals surface area contributed by atoms with Gasteiger partial charge in [-0.05, 0) is 13.8 Å². The van der Waals surface area contributed by atoms with Gasteiger partial charge in [0.25, 0.3) is 5.91 Å². The smallest absolute Gasteiger partial charge is 0.347 e. The van der Waals surface area contributed by atoms with Gasteiger partial charge in [-0.3, -0.25) is 4.79 Å². The van der Waals surface area contributed by atoms with Crippen molar-refractivity contribution >= 4 is 23.2 Å². The lowest BCUT2D eigenvalue weighted by Gasteiger charge is -2.12. The summed E-state index contributed by atoms with van der Waals surface area (Å²) in [6.45, 7) is 9.26. The average molecular weight is 337 g/mol. The zero-order valence-electron chi connectivity index (χ0n) is 13.6. The minimum Gasteiger partial charge on any atom is -0.477 e. The first-order valence-electron chi connectivity index (χ1n) is 7.08. The second-order valence-electron chi connectivity index (χ2n) is 6.29. The van der Waals surface area contributed by atoms with E-state index in [1.54, 1.807) is 19.9 Å². The summed E-state index contributed by atoms with van der Waals surface area (Å²) < 4.78 is 5.19. The van der Waals surface area contributed by atoms with E-state index in [0.29, 0.717) is 16.5 Å². The summed E-state index contributed by atoms with van der Waals surface area (Å²) in [5.74, 6) is -0.786. The number of carbonyl (C=O) groups is 2. The van der Waals surface area contributed by atoms with Crippen LogP contribution in [0.5, 0.6) is 0 Å². The summed E-state index contributed by atoms with van der Waals surface area (Å²) in [7, 11) is 0. The van der Waals surface area contributed by atoms with Crippen LogP contribution in [-0.4, -0.2) is 27.1 Å². The monoisotopic (exact) mass is 337 g/mol. The van der Waals surface area contributed by atoms with Gasteiger partial charge >= 0.3 is 5.97 Å². The largest absolute Gasteiger partial charge is 0.477 e. The first-order chi connectivity index (χ1) is 10.6. The predicted molar refractivity (Wildman–Crippen MR) is 84.9 cm³/mol. The molecule has 1 amide bonds. The number of aryl methyl sites for hydroxylation is 1. The lowest BCUT2D eigenvalue weighted by molar-refractivity contribution is 0.0700. The van der Waals surface area contributed by atoms with Gasteiger partial charge < -0.3 is 14.9 Å². The average Bonchev–Trinajstić information content (AvgIpc) is 3.04. The Kier molecular flexibility index (Phi) is 4.56. The number of hydrogen-bond acceptors (Lipinski definition) is 6. The Bertz CT molecular complexity index is 742. The van der Waals surface area contributed by atoms with Crippen LogP contribution in [0.2, 0.25) is 0 Å². The Balaban J connectivity index is 2.12. The Labute approximate surface area is 137 Å². The highest BCUT2D eigenvalue weighted by Gasteiger charge is 2.24. The third-order valence-electron chi connectivity index (χ3n) is 3.21. The van der Waals surface area contributed by atoms with Crippen LogP contribution in [0.25, 0.3) is 0 Å². The molecule has 2 N–H and O–H groups in total. The topological polar surface area (TPSA) is 105 Å². The molecule has 0 fully saturated rings. The fourth-order valence-electron chi connectivity index (χ4n) is 1.87. The van der Waals surface area contributed by atoms with Gasteiger partial charge in [-0.25, -0.2) is 9.78 Å². The summed E-state index contributed by atoms with van der Waals surface area (Å²) in [6.07, 6.45) is 0. The van der Waals surface area contributed by atoms with Crippen LogP contribution in [-0.2, 0) is 5.41 Å². The number of thiazole rings is 1. The number of carboxylic acids is 1. The summed E-state index contributed by atoms with van der Waals surface area (Å²) in [4.78, 5) is 27.7. The molecule has 0 aliphatic rings. The summed E-state index contributed by atoms with van der Waals surface area (Å²) >= 11 is 1.05. The summed E-state index contributed by atoms with van der Waals surface area (Å²) in [5.41, 5.74) is 0.392. The molecule has 1 unspecified atom stereocenters. The molecule has 1 atom stereocenters. The molecule has 0 spiro atoms. The molecule has 0 saturated carbocycles. The van der Waals surface area contributed by atoms with Gasteiger partial charge in [-0.15, -0.1) is 11.3 Å². The van der Waals surface area contributed by atoms with Crippen LogP contribution >= 0.6 is 11.3 Å². The molecule has 0 bridgehead atoms. The minimum absolute atomic E-state index is 0.178. The highest BCUT2D eigenvalue weighted by Crippen LogP contribution is 2.25. The molecule has 7 nitrogen and oxygen atoms in total. The van der Waals surface area contributed by atoms with Gasteiger partial charge in [0.05, 0.1) is 11.7 Å². The van der Waals surface area contributed by atoms with E-state index < -0.39 is 12.0 Å². The van der Waals surface area contributed by atoms with Gasteiger partial charge in [0.1, 0.15) is 15.6 Å². The summed E-state index contributed by atoms with van der Waals surface area (Å²) in [5, 5.41) is 16.1. The fraction of sp³-hybridized carbons (Fsp3) is 0.467. The van der Waals surface area contributed by atoms with E-state index in [0.717, 1.165) is 11.3 Å². The van der Waals surface area contributed by atoms with Crippen LogP contribution in [0.3, 0.4) is 0 Å². The zero-order valence-corrected chi connectivity index (χ0v) is 14.4. The normalized spacial score (nSPS) is 12.9. The number of amides is 1. The number of rotatable bonds is 4.